The molecule has 0 atom stereocenters. The predicted octanol–water partition coefficient (Wildman–Crippen LogP) is 0.303. The summed E-state index contributed by atoms with van der Waals surface area (Å²) < 4.78 is 22.5. The third-order valence-corrected chi connectivity index (χ3v) is 4.26. The van der Waals surface area contributed by atoms with E-state index in [0.29, 0.717) is 12.3 Å². The summed E-state index contributed by atoms with van der Waals surface area (Å²) in [5, 5.41) is 0.000254. The van der Waals surface area contributed by atoms with Gasteiger partial charge in [0.15, 0.2) is 9.84 Å². The second kappa shape index (κ2) is 3.54. The summed E-state index contributed by atoms with van der Waals surface area (Å²) >= 11 is 0. The van der Waals surface area contributed by atoms with Crippen molar-refractivity contribution in [2.24, 2.45) is 5.73 Å². The van der Waals surface area contributed by atoms with Crippen molar-refractivity contribution >= 4 is 9.84 Å². The number of rotatable bonds is 5. The molecule has 66 valence electrons. The van der Waals surface area contributed by atoms with Gasteiger partial charge < -0.3 is 5.73 Å². The summed E-state index contributed by atoms with van der Waals surface area (Å²) in [6.07, 6.45) is 3.32. The minimum atomic E-state index is -2.71. The quantitative estimate of drug-likeness (QED) is 0.614. The highest BCUT2D eigenvalue weighted by Gasteiger charge is 2.34. The van der Waals surface area contributed by atoms with Crippen LogP contribution in [-0.4, -0.2) is 26.0 Å². The Morgan fingerprint density at radius 1 is 1.27 bits per heavy atom. The number of nitrogens with two attached hydrogens (primary N) is 1. The summed E-state index contributed by atoms with van der Waals surface area (Å²) in [7, 11) is -2.71. The van der Waals surface area contributed by atoms with E-state index in [1.54, 1.807) is 0 Å². The van der Waals surface area contributed by atoms with E-state index >= 15 is 0 Å². The first-order chi connectivity index (χ1) is 5.17. The molecule has 0 aromatic heterocycles. The lowest BCUT2D eigenvalue weighted by Crippen LogP contribution is -2.12. The number of sulfone groups is 1. The largest absolute Gasteiger partial charge is 0.330 e. The Kier molecular flexibility index (Phi) is 2.90. The zero-order valence-electron chi connectivity index (χ0n) is 6.62. The van der Waals surface area contributed by atoms with Gasteiger partial charge in [0.2, 0.25) is 0 Å². The fourth-order valence-electron chi connectivity index (χ4n) is 1.04. The maximum absolute atomic E-state index is 11.2. The molecule has 1 saturated carbocycles. The Labute approximate surface area is 67.9 Å². The predicted molar refractivity (Wildman–Crippen MR) is 45.1 cm³/mol. The van der Waals surface area contributed by atoms with Gasteiger partial charge in [-0.15, -0.1) is 0 Å². The van der Waals surface area contributed by atoms with Crippen molar-refractivity contribution in [2.45, 2.75) is 30.9 Å². The fraction of sp³-hybridized carbons (Fsp3) is 1.00. The van der Waals surface area contributed by atoms with Gasteiger partial charge in [-0.2, -0.15) is 0 Å². The van der Waals surface area contributed by atoms with E-state index in [1.165, 1.54) is 0 Å². The second-order valence-electron chi connectivity index (χ2n) is 3.06. The van der Waals surface area contributed by atoms with Crippen LogP contribution in [0.2, 0.25) is 0 Å². The zero-order chi connectivity index (χ0) is 8.32. The highest BCUT2D eigenvalue weighted by Crippen LogP contribution is 2.29. The molecule has 1 aliphatic rings. The van der Waals surface area contributed by atoms with E-state index < -0.39 is 9.84 Å². The van der Waals surface area contributed by atoms with E-state index in [0.717, 1.165) is 25.7 Å². The number of unbranched alkanes of at least 4 members (excludes halogenated alkanes) is 1. The van der Waals surface area contributed by atoms with Crippen LogP contribution in [-0.2, 0) is 9.84 Å². The molecule has 0 heterocycles. The molecule has 0 aliphatic heterocycles. The summed E-state index contributed by atoms with van der Waals surface area (Å²) in [5.41, 5.74) is 5.25. The minimum absolute atomic E-state index is 0.000254. The molecule has 11 heavy (non-hydrogen) atoms. The van der Waals surface area contributed by atoms with Gasteiger partial charge in [0, 0.05) is 0 Å². The Morgan fingerprint density at radius 2 is 1.91 bits per heavy atom. The molecule has 4 heteroatoms. The molecule has 0 unspecified atom stereocenters. The lowest BCUT2D eigenvalue weighted by atomic mass is 10.3. The Morgan fingerprint density at radius 3 is 2.36 bits per heavy atom. The van der Waals surface area contributed by atoms with Crippen LogP contribution in [0.5, 0.6) is 0 Å². The van der Waals surface area contributed by atoms with E-state index in [4.69, 9.17) is 5.73 Å². The van der Waals surface area contributed by atoms with Gasteiger partial charge in [-0.3, -0.25) is 0 Å². The van der Waals surface area contributed by atoms with Crippen molar-refractivity contribution in [3.8, 4) is 0 Å². The smallest absolute Gasteiger partial charge is 0.153 e. The highest BCUT2D eigenvalue weighted by atomic mass is 32.2. The van der Waals surface area contributed by atoms with Crippen LogP contribution < -0.4 is 5.73 Å². The molecule has 2 N–H and O–H groups in total. The van der Waals surface area contributed by atoms with Crippen molar-refractivity contribution < 1.29 is 8.42 Å². The Hall–Kier alpha value is -0.0900. The van der Waals surface area contributed by atoms with E-state index in [9.17, 15) is 8.42 Å². The van der Waals surface area contributed by atoms with Gasteiger partial charge in [0.25, 0.3) is 0 Å². The highest BCUT2D eigenvalue weighted by molar-refractivity contribution is 7.92. The van der Waals surface area contributed by atoms with Crippen molar-refractivity contribution in [1.29, 1.82) is 0 Å². The topological polar surface area (TPSA) is 60.2 Å². The molecule has 1 aliphatic carbocycles. The van der Waals surface area contributed by atoms with Gasteiger partial charge in [0.05, 0.1) is 11.0 Å². The SMILES string of the molecule is NCCCCS(=O)(=O)C1CC1. The fourth-order valence-corrected chi connectivity index (χ4v) is 2.84. The molecule has 0 saturated heterocycles. The molecule has 0 spiro atoms. The van der Waals surface area contributed by atoms with Gasteiger partial charge >= 0.3 is 0 Å². The molecule has 0 bridgehead atoms. The van der Waals surface area contributed by atoms with E-state index in [1.807, 2.05) is 0 Å². The summed E-state index contributed by atoms with van der Waals surface area (Å²) in [4.78, 5) is 0. The molecule has 0 aromatic carbocycles. The van der Waals surface area contributed by atoms with Gasteiger partial charge in [-0.05, 0) is 32.2 Å². The lowest BCUT2D eigenvalue weighted by molar-refractivity contribution is 0.590. The van der Waals surface area contributed by atoms with Crippen molar-refractivity contribution in [2.75, 3.05) is 12.3 Å². The van der Waals surface area contributed by atoms with Crippen LogP contribution >= 0.6 is 0 Å². The van der Waals surface area contributed by atoms with Crippen LogP contribution in [0.1, 0.15) is 25.7 Å². The Bertz CT molecular complexity index is 206. The van der Waals surface area contributed by atoms with Gasteiger partial charge in [0.1, 0.15) is 0 Å². The summed E-state index contributed by atoms with van der Waals surface area (Å²) in [6, 6.07) is 0. The van der Waals surface area contributed by atoms with Crippen LogP contribution in [0.3, 0.4) is 0 Å². The third kappa shape index (κ3) is 2.79. The first-order valence-corrected chi connectivity index (χ1v) is 5.80. The molecular weight excluding hydrogens is 162 g/mol. The maximum atomic E-state index is 11.2. The molecule has 0 amide bonds. The van der Waals surface area contributed by atoms with Crippen molar-refractivity contribution in [3.05, 3.63) is 0 Å². The van der Waals surface area contributed by atoms with Crippen LogP contribution in [0, 0.1) is 0 Å². The molecule has 1 rings (SSSR count). The molecule has 1 fully saturated rings. The Balaban J connectivity index is 2.23. The van der Waals surface area contributed by atoms with Crippen LogP contribution in [0.25, 0.3) is 0 Å². The average Bonchev–Trinajstić information content (AvgIpc) is 2.68. The van der Waals surface area contributed by atoms with Gasteiger partial charge in [-0.25, -0.2) is 8.42 Å². The minimum Gasteiger partial charge on any atom is -0.330 e. The average molecular weight is 177 g/mol. The van der Waals surface area contributed by atoms with Crippen LogP contribution in [0.15, 0.2) is 0 Å². The second-order valence-corrected chi connectivity index (χ2v) is 5.46. The van der Waals surface area contributed by atoms with Crippen molar-refractivity contribution in [1.82, 2.24) is 0 Å². The number of hydrogen-bond acceptors (Lipinski definition) is 3. The van der Waals surface area contributed by atoms with E-state index in [-0.39, 0.29) is 5.25 Å². The molecule has 0 radical (unpaired) electrons. The van der Waals surface area contributed by atoms with Gasteiger partial charge in [-0.1, -0.05) is 0 Å². The van der Waals surface area contributed by atoms with Crippen LogP contribution in [0.4, 0.5) is 0 Å². The molecule has 0 aromatic rings. The lowest BCUT2D eigenvalue weighted by Gasteiger charge is -1.99. The first-order valence-electron chi connectivity index (χ1n) is 4.08. The summed E-state index contributed by atoms with van der Waals surface area (Å²) in [5.74, 6) is 0.342. The first kappa shape index (κ1) is 9.00. The van der Waals surface area contributed by atoms with Crippen molar-refractivity contribution in [3.63, 3.8) is 0 Å². The van der Waals surface area contributed by atoms with E-state index in [2.05, 4.69) is 0 Å². The molecule has 3 nitrogen and oxygen atoms in total. The zero-order valence-corrected chi connectivity index (χ0v) is 7.44. The normalized spacial score (nSPS) is 18.6. The molecular formula is C7H15NO2S. The monoisotopic (exact) mass is 177 g/mol. The number of hydrogen-bond donors (Lipinski definition) is 1. The standard InChI is InChI=1S/C7H15NO2S/c8-5-1-2-6-11(9,10)7-3-4-7/h7H,1-6,8H2. The maximum Gasteiger partial charge on any atom is 0.153 e. The summed E-state index contributed by atoms with van der Waals surface area (Å²) in [6.45, 7) is 0.597. The third-order valence-electron chi connectivity index (χ3n) is 1.92.